The minimum atomic E-state index is -1.28. The van der Waals surface area contributed by atoms with Crippen LogP contribution in [0.5, 0.6) is 0 Å². The number of hydrogen-bond acceptors (Lipinski definition) is 7. The summed E-state index contributed by atoms with van der Waals surface area (Å²) in [5, 5.41) is 5.07. The summed E-state index contributed by atoms with van der Waals surface area (Å²) in [5.41, 5.74) is 0.164. The average Bonchev–Trinajstić information content (AvgIpc) is 2.86. The summed E-state index contributed by atoms with van der Waals surface area (Å²) in [7, 11) is 0. The second-order valence-corrected chi connectivity index (χ2v) is 10.3. The quantitative estimate of drug-likeness (QED) is 0.226. The van der Waals surface area contributed by atoms with E-state index in [1.54, 1.807) is 39.1 Å². The Kier molecular flexibility index (Phi) is 10.1. The van der Waals surface area contributed by atoms with E-state index in [0.29, 0.717) is 16.5 Å². The molecule has 10 nitrogen and oxygen atoms in total. The molecule has 208 valence electrons. The van der Waals surface area contributed by atoms with E-state index in [4.69, 9.17) is 9.57 Å². The summed E-state index contributed by atoms with van der Waals surface area (Å²) >= 11 is 3.14. The Morgan fingerprint density at radius 3 is 2.62 bits per heavy atom. The van der Waals surface area contributed by atoms with Crippen molar-refractivity contribution in [3.05, 3.63) is 86.5 Å². The van der Waals surface area contributed by atoms with Gasteiger partial charge in [0.2, 0.25) is 5.82 Å². The molecule has 0 aliphatic heterocycles. The first-order valence-corrected chi connectivity index (χ1v) is 12.7. The predicted octanol–water partition coefficient (Wildman–Crippen LogP) is 4.65. The number of aromatic nitrogens is 2. The van der Waals surface area contributed by atoms with Crippen LogP contribution in [-0.4, -0.2) is 40.3 Å². The van der Waals surface area contributed by atoms with Crippen molar-refractivity contribution >= 4 is 39.3 Å². The first-order valence-electron chi connectivity index (χ1n) is 11.9. The van der Waals surface area contributed by atoms with Crippen molar-refractivity contribution in [2.75, 3.05) is 18.5 Å². The van der Waals surface area contributed by atoms with Gasteiger partial charge in [0.25, 0.3) is 11.5 Å². The molecule has 3 rings (SSSR count). The summed E-state index contributed by atoms with van der Waals surface area (Å²) in [5.74, 6) is -2.90. The van der Waals surface area contributed by atoms with E-state index in [2.05, 4.69) is 37.0 Å². The molecular weight excluding hydrogens is 580 g/mol. The molecule has 0 saturated heterocycles. The first-order chi connectivity index (χ1) is 18.4. The number of rotatable bonds is 10. The Morgan fingerprint density at radius 2 is 1.95 bits per heavy atom. The number of ether oxygens (including phenoxy) is 1. The van der Waals surface area contributed by atoms with E-state index in [9.17, 15) is 18.8 Å². The van der Waals surface area contributed by atoms with E-state index in [0.717, 1.165) is 16.8 Å². The van der Waals surface area contributed by atoms with Crippen LogP contribution in [0.1, 0.15) is 43.1 Å². The van der Waals surface area contributed by atoms with Gasteiger partial charge < -0.3 is 19.9 Å². The van der Waals surface area contributed by atoms with Crippen molar-refractivity contribution in [3.8, 4) is 0 Å². The van der Waals surface area contributed by atoms with Crippen molar-refractivity contribution in [2.24, 2.45) is 0 Å². The second-order valence-electron chi connectivity index (χ2n) is 9.34. The van der Waals surface area contributed by atoms with Crippen molar-refractivity contribution in [3.63, 3.8) is 0 Å². The Morgan fingerprint density at radius 1 is 1.18 bits per heavy atom. The molecule has 0 atom stereocenters. The number of carbonyl (C=O) groups excluding carboxylic acids is 2. The molecule has 2 aromatic heterocycles. The van der Waals surface area contributed by atoms with Gasteiger partial charge in [-0.3, -0.25) is 19.4 Å². The Balaban J connectivity index is 1.76. The maximum Gasteiger partial charge on any atom is 0.407 e. The van der Waals surface area contributed by atoms with Crippen LogP contribution in [0.2, 0.25) is 0 Å². The molecule has 2 amide bonds. The summed E-state index contributed by atoms with van der Waals surface area (Å²) in [6, 6.07) is 7.34. The van der Waals surface area contributed by atoms with Crippen molar-refractivity contribution in [1.29, 1.82) is 0 Å². The summed E-state index contributed by atoms with van der Waals surface area (Å²) in [6.07, 6.45) is 3.94. The second kappa shape index (κ2) is 13.3. The molecule has 0 bridgehead atoms. The molecule has 0 radical (unpaired) electrons. The lowest BCUT2D eigenvalue weighted by atomic mass is 10.1. The van der Waals surface area contributed by atoms with Crippen LogP contribution in [0.3, 0.4) is 0 Å². The number of nitrogens with zero attached hydrogens (tertiary/aromatic N) is 2. The van der Waals surface area contributed by atoms with Crippen LogP contribution in [0.25, 0.3) is 0 Å². The number of carbonyl (C=O) groups is 2. The van der Waals surface area contributed by atoms with E-state index in [1.165, 1.54) is 18.3 Å². The fraction of sp³-hybridized carbons (Fsp3) is 0.308. The number of hydroxylamine groups is 1. The minimum absolute atomic E-state index is 0.00342. The van der Waals surface area contributed by atoms with Gasteiger partial charge in [-0.05, 0) is 57.0 Å². The molecule has 3 aromatic rings. The van der Waals surface area contributed by atoms with Crippen LogP contribution < -0.4 is 21.7 Å². The highest BCUT2D eigenvalue weighted by Gasteiger charge is 2.23. The zero-order chi connectivity index (χ0) is 28.6. The summed E-state index contributed by atoms with van der Waals surface area (Å²) in [6.45, 7) is 5.37. The van der Waals surface area contributed by atoms with Crippen molar-refractivity contribution < 1.29 is 27.9 Å². The average molecular weight is 608 g/mol. The molecule has 0 spiro atoms. The topological polar surface area (TPSA) is 124 Å². The number of pyridine rings is 2. The molecule has 2 heterocycles. The molecule has 1 aromatic carbocycles. The SMILES string of the molecule is CC(C)(C)OC(=O)NCCCONC(=O)c1cn(Cc2cccnc2)c(=O)c(F)c1Nc1ccc(Br)cc1F. The van der Waals surface area contributed by atoms with Crippen molar-refractivity contribution in [1.82, 2.24) is 20.3 Å². The Hall–Kier alpha value is -3.84. The third kappa shape index (κ3) is 8.86. The number of amides is 2. The molecule has 3 N–H and O–H groups in total. The van der Waals surface area contributed by atoms with Gasteiger partial charge in [0.1, 0.15) is 11.4 Å². The number of nitrogens with one attached hydrogen (secondary N) is 3. The fourth-order valence-corrected chi connectivity index (χ4v) is 3.61. The minimum Gasteiger partial charge on any atom is -0.444 e. The van der Waals surface area contributed by atoms with Crippen molar-refractivity contribution in [2.45, 2.75) is 39.3 Å². The maximum absolute atomic E-state index is 15.3. The highest BCUT2D eigenvalue weighted by Crippen LogP contribution is 2.26. The molecule has 0 unspecified atom stereocenters. The van der Waals surface area contributed by atoms with Crippen LogP contribution in [0.15, 0.2) is 58.2 Å². The number of alkyl carbamates (subject to hydrolysis) is 1. The van der Waals surface area contributed by atoms with Gasteiger partial charge in [-0.1, -0.05) is 22.0 Å². The molecule has 13 heteroatoms. The standard InChI is InChI=1S/C26H28BrF2N5O5/c1-26(2,3)39-25(37)31-10-5-11-38-33-23(35)18-15-34(14-16-6-4-9-30-13-16)24(36)21(29)22(18)32-20-8-7-17(27)12-19(20)28/h4,6-9,12-13,15,32H,5,10-11,14H2,1-3H3,(H,31,37)(H,33,35). The molecule has 0 aliphatic rings. The van der Waals surface area contributed by atoms with Gasteiger partial charge >= 0.3 is 6.09 Å². The monoisotopic (exact) mass is 607 g/mol. The molecular formula is C26H28BrF2N5O5. The summed E-state index contributed by atoms with van der Waals surface area (Å²) < 4.78 is 36.4. The van der Waals surface area contributed by atoms with Gasteiger partial charge in [0, 0.05) is 29.6 Å². The highest BCUT2D eigenvalue weighted by atomic mass is 79.9. The number of anilines is 2. The van der Waals surface area contributed by atoms with Gasteiger partial charge in [0.05, 0.1) is 30.1 Å². The van der Waals surface area contributed by atoms with Gasteiger partial charge in [0.15, 0.2) is 0 Å². The Labute approximate surface area is 231 Å². The zero-order valence-corrected chi connectivity index (χ0v) is 23.1. The Bertz CT molecular complexity index is 1380. The lowest BCUT2D eigenvalue weighted by Gasteiger charge is -2.19. The largest absolute Gasteiger partial charge is 0.444 e. The normalized spacial score (nSPS) is 11.1. The van der Waals surface area contributed by atoms with Crippen LogP contribution >= 0.6 is 15.9 Å². The van der Waals surface area contributed by atoms with Gasteiger partial charge in [-0.25, -0.2) is 14.7 Å². The first kappa shape index (κ1) is 29.7. The van der Waals surface area contributed by atoms with Crippen LogP contribution in [0, 0.1) is 11.6 Å². The number of benzene rings is 1. The summed E-state index contributed by atoms with van der Waals surface area (Å²) in [4.78, 5) is 46.6. The highest BCUT2D eigenvalue weighted by molar-refractivity contribution is 9.10. The number of hydrogen-bond donors (Lipinski definition) is 3. The number of halogens is 3. The lowest BCUT2D eigenvalue weighted by molar-refractivity contribution is 0.0289. The predicted molar refractivity (Wildman–Crippen MR) is 144 cm³/mol. The van der Waals surface area contributed by atoms with Gasteiger partial charge in [-0.2, -0.15) is 4.39 Å². The van der Waals surface area contributed by atoms with Gasteiger partial charge in [-0.15, -0.1) is 0 Å². The molecule has 0 fully saturated rings. The molecule has 0 aliphatic carbocycles. The third-order valence-electron chi connectivity index (χ3n) is 4.99. The van der Waals surface area contributed by atoms with Crippen LogP contribution in [0.4, 0.5) is 25.0 Å². The van der Waals surface area contributed by atoms with E-state index < -0.39 is 40.5 Å². The lowest BCUT2D eigenvalue weighted by Crippen LogP contribution is -2.34. The zero-order valence-electron chi connectivity index (χ0n) is 21.5. The van der Waals surface area contributed by atoms with Crippen LogP contribution in [-0.2, 0) is 16.1 Å². The van der Waals surface area contributed by atoms with E-state index in [-0.39, 0.29) is 30.9 Å². The molecule has 0 saturated carbocycles. The maximum atomic E-state index is 15.3. The molecule has 39 heavy (non-hydrogen) atoms. The van der Waals surface area contributed by atoms with E-state index >= 15 is 4.39 Å². The fourth-order valence-electron chi connectivity index (χ4n) is 3.28. The smallest absolute Gasteiger partial charge is 0.407 e. The third-order valence-corrected chi connectivity index (χ3v) is 5.48. The van der Waals surface area contributed by atoms with E-state index in [1.807, 2.05) is 0 Å².